The maximum Gasteiger partial charge on any atom is 0.192 e. The molecule has 0 unspecified atom stereocenters. The van der Waals surface area contributed by atoms with E-state index in [1.54, 1.807) is 7.11 Å². The summed E-state index contributed by atoms with van der Waals surface area (Å²) in [5.74, 6) is 0.639. The number of rotatable bonds is 15. The molecule has 0 aliphatic rings. The molecule has 0 fully saturated rings. The highest BCUT2D eigenvalue weighted by Gasteiger charge is 2.42. The molecular formula is C30H56O5Si2. The van der Waals surface area contributed by atoms with Gasteiger partial charge in [-0.2, -0.15) is 0 Å². The van der Waals surface area contributed by atoms with E-state index in [1.807, 2.05) is 31.2 Å². The summed E-state index contributed by atoms with van der Waals surface area (Å²) in [7, 11) is -2.17. The second-order valence-corrected chi connectivity index (χ2v) is 23.2. The molecule has 37 heavy (non-hydrogen) atoms. The van der Waals surface area contributed by atoms with Crippen LogP contribution in [-0.2, 0) is 25.0 Å². The summed E-state index contributed by atoms with van der Waals surface area (Å²) in [5, 5.41) is 0.287. The van der Waals surface area contributed by atoms with Gasteiger partial charge in [0.2, 0.25) is 0 Å². The molecule has 0 amide bonds. The third-order valence-electron chi connectivity index (χ3n) is 8.59. The van der Waals surface area contributed by atoms with E-state index in [-0.39, 0.29) is 34.1 Å². The molecule has 0 spiro atoms. The summed E-state index contributed by atoms with van der Waals surface area (Å²) < 4.78 is 25.2. The highest BCUT2D eigenvalue weighted by molar-refractivity contribution is 6.74. The number of hydrogen-bond donors (Lipinski definition) is 0. The van der Waals surface area contributed by atoms with E-state index in [9.17, 15) is 4.79 Å². The Labute approximate surface area is 230 Å². The SMILES string of the molecule is COc1ccc(CO[C@H]([C@@H](C)[C@@H](CCCO[Si](C)(C)C(C)(C)C)O[Si](C)(C)C(C)(C)C)[C@@H](C)C=O)cc1. The van der Waals surface area contributed by atoms with E-state index >= 15 is 0 Å². The zero-order valence-corrected chi connectivity index (χ0v) is 28.1. The van der Waals surface area contributed by atoms with Gasteiger partial charge in [0.05, 0.1) is 25.9 Å². The van der Waals surface area contributed by atoms with Gasteiger partial charge in [-0.1, -0.05) is 67.5 Å². The van der Waals surface area contributed by atoms with E-state index in [4.69, 9.17) is 18.3 Å². The van der Waals surface area contributed by atoms with Crippen LogP contribution in [0.25, 0.3) is 0 Å². The monoisotopic (exact) mass is 552 g/mol. The maximum absolute atomic E-state index is 11.9. The molecule has 0 saturated carbocycles. The summed E-state index contributed by atoms with van der Waals surface area (Å²) in [5.41, 5.74) is 1.06. The van der Waals surface area contributed by atoms with Gasteiger partial charge in [-0.05, 0) is 66.8 Å². The lowest BCUT2D eigenvalue weighted by molar-refractivity contribution is -0.120. The molecule has 0 bridgehead atoms. The van der Waals surface area contributed by atoms with Crippen molar-refractivity contribution in [3.8, 4) is 5.75 Å². The molecule has 1 rings (SSSR count). The molecule has 0 radical (unpaired) electrons. The van der Waals surface area contributed by atoms with Crippen molar-refractivity contribution in [3.63, 3.8) is 0 Å². The summed E-state index contributed by atoms with van der Waals surface area (Å²) in [6, 6.07) is 7.89. The van der Waals surface area contributed by atoms with E-state index < -0.39 is 16.6 Å². The Kier molecular flexibility index (Phi) is 12.8. The van der Waals surface area contributed by atoms with Crippen LogP contribution in [0, 0.1) is 11.8 Å². The second kappa shape index (κ2) is 13.9. The van der Waals surface area contributed by atoms with Gasteiger partial charge in [-0.15, -0.1) is 0 Å². The number of carbonyl (C=O) groups is 1. The molecule has 0 heterocycles. The van der Waals surface area contributed by atoms with Gasteiger partial charge >= 0.3 is 0 Å². The fourth-order valence-corrected chi connectivity index (χ4v) is 6.33. The average Bonchev–Trinajstić information content (AvgIpc) is 2.79. The quantitative estimate of drug-likeness (QED) is 0.125. The zero-order chi connectivity index (χ0) is 28.7. The van der Waals surface area contributed by atoms with E-state index in [0.717, 1.165) is 37.0 Å². The number of methoxy groups -OCH3 is 1. The van der Waals surface area contributed by atoms with Crippen molar-refractivity contribution in [2.24, 2.45) is 11.8 Å². The molecule has 214 valence electrons. The Bertz CT molecular complexity index is 809. The minimum absolute atomic E-state index is 0.00725. The Balaban J connectivity index is 3.07. The van der Waals surface area contributed by atoms with Crippen LogP contribution in [0.3, 0.4) is 0 Å². The Morgan fingerprint density at radius 3 is 1.89 bits per heavy atom. The second-order valence-electron chi connectivity index (χ2n) is 13.6. The molecule has 0 aromatic heterocycles. The molecule has 1 aromatic carbocycles. The zero-order valence-electron chi connectivity index (χ0n) is 26.1. The van der Waals surface area contributed by atoms with Crippen LogP contribution in [0.4, 0.5) is 0 Å². The smallest absolute Gasteiger partial charge is 0.192 e. The van der Waals surface area contributed by atoms with Crippen molar-refractivity contribution in [1.82, 2.24) is 0 Å². The predicted octanol–water partition coefficient (Wildman–Crippen LogP) is 8.24. The molecule has 0 saturated heterocycles. The molecule has 0 aliphatic carbocycles. The number of carbonyl (C=O) groups excluding carboxylic acids is 1. The van der Waals surface area contributed by atoms with Crippen LogP contribution < -0.4 is 4.74 Å². The first-order valence-electron chi connectivity index (χ1n) is 13.9. The minimum atomic E-state index is -2.04. The van der Waals surface area contributed by atoms with Crippen LogP contribution in [0.1, 0.15) is 73.8 Å². The van der Waals surface area contributed by atoms with Crippen molar-refractivity contribution < 1.29 is 23.1 Å². The lowest BCUT2D eigenvalue weighted by Crippen LogP contribution is -2.48. The van der Waals surface area contributed by atoms with Gasteiger partial charge in [0, 0.05) is 18.4 Å². The molecule has 1 aromatic rings. The van der Waals surface area contributed by atoms with Crippen LogP contribution in [0.5, 0.6) is 5.75 Å². The number of benzene rings is 1. The summed E-state index contributed by atoms with van der Waals surface area (Å²) in [6.45, 7) is 28.2. The summed E-state index contributed by atoms with van der Waals surface area (Å²) in [4.78, 5) is 11.9. The van der Waals surface area contributed by atoms with Gasteiger partial charge in [0.15, 0.2) is 16.6 Å². The molecule has 7 heteroatoms. The van der Waals surface area contributed by atoms with Gasteiger partial charge in [-0.3, -0.25) is 0 Å². The van der Waals surface area contributed by atoms with Gasteiger partial charge in [-0.25, -0.2) is 0 Å². The molecule has 0 N–H and O–H groups in total. The van der Waals surface area contributed by atoms with Crippen molar-refractivity contribution in [3.05, 3.63) is 29.8 Å². The van der Waals surface area contributed by atoms with Crippen molar-refractivity contribution in [2.45, 2.75) is 123 Å². The van der Waals surface area contributed by atoms with Gasteiger partial charge < -0.3 is 23.1 Å². The average molecular weight is 553 g/mol. The van der Waals surface area contributed by atoms with Crippen molar-refractivity contribution in [1.29, 1.82) is 0 Å². The number of ether oxygens (including phenoxy) is 2. The van der Waals surface area contributed by atoms with Crippen LogP contribution >= 0.6 is 0 Å². The first kappa shape index (κ1) is 34.0. The fraction of sp³-hybridized carbons (Fsp3) is 0.767. The lowest BCUT2D eigenvalue weighted by Gasteiger charge is -2.43. The number of aldehydes is 1. The topological polar surface area (TPSA) is 54.0 Å². The standard InChI is InChI=1S/C30H56O5Si2/c1-23(21-31)28(33-22-25-16-18-26(32-9)19-17-25)24(2)27(35-37(12,13)30(6,7)8)15-14-20-34-36(10,11)29(3,4)5/h16-19,21,23-24,27-28H,14-15,20,22H2,1-13H3/t23-,24-,27+,28-/m0/s1. The first-order valence-corrected chi connectivity index (χ1v) is 19.7. The largest absolute Gasteiger partial charge is 0.497 e. The normalized spacial score (nSPS) is 16.7. The lowest BCUT2D eigenvalue weighted by atomic mass is 9.88. The minimum Gasteiger partial charge on any atom is -0.497 e. The predicted molar refractivity (Wildman–Crippen MR) is 160 cm³/mol. The number of hydrogen-bond acceptors (Lipinski definition) is 5. The van der Waals surface area contributed by atoms with Crippen LogP contribution in [0.15, 0.2) is 24.3 Å². The Morgan fingerprint density at radius 1 is 0.892 bits per heavy atom. The molecule has 5 nitrogen and oxygen atoms in total. The van der Waals surface area contributed by atoms with Crippen LogP contribution in [0.2, 0.25) is 36.3 Å². The Hall–Kier alpha value is -0.996. The van der Waals surface area contributed by atoms with E-state index in [0.29, 0.717) is 6.61 Å². The van der Waals surface area contributed by atoms with E-state index in [2.05, 4.69) is 74.7 Å². The highest BCUT2D eigenvalue weighted by atomic mass is 28.4. The van der Waals surface area contributed by atoms with Gasteiger partial charge in [0.1, 0.15) is 12.0 Å². The van der Waals surface area contributed by atoms with E-state index in [1.165, 1.54) is 0 Å². The summed E-state index contributed by atoms with van der Waals surface area (Å²) >= 11 is 0. The fourth-order valence-electron chi connectivity index (χ4n) is 3.80. The third-order valence-corrected chi connectivity index (χ3v) is 17.6. The van der Waals surface area contributed by atoms with Crippen LogP contribution in [-0.4, -0.2) is 48.8 Å². The van der Waals surface area contributed by atoms with Crippen molar-refractivity contribution in [2.75, 3.05) is 13.7 Å². The van der Waals surface area contributed by atoms with Crippen molar-refractivity contribution >= 4 is 22.9 Å². The maximum atomic E-state index is 11.9. The molecule has 0 aliphatic heterocycles. The van der Waals surface area contributed by atoms with Gasteiger partial charge in [0.25, 0.3) is 0 Å². The Morgan fingerprint density at radius 2 is 1.43 bits per heavy atom. The molecular weight excluding hydrogens is 496 g/mol. The highest BCUT2D eigenvalue weighted by Crippen LogP contribution is 2.40. The first-order chi connectivity index (χ1) is 16.9. The molecule has 4 atom stereocenters. The third kappa shape index (κ3) is 10.2. The summed E-state index contributed by atoms with van der Waals surface area (Å²) in [6.07, 6.45) is 2.58.